The number of halogens is 1. The maximum absolute atomic E-state index is 12.6. The van der Waals surface area contributed by atoms with Crippen LogP contribution >= 0.6 is 11.6 Å². The lowest BCUT2D eigenvalue weighted by molar-refractivity contribution is -0.0384. The highest BCUT2D eigenvalue weighted by atomic mass is 35.5. The highest BCUT2D eigenvalue weighted by molar-refractivity contribution is 6.31. The van der Waals surface area contributed by atoms with Crippen LogP contribution in [0.1, 0.15) is 44.0 Å². The summed E-state index contributed by atoms with van der Waals surface area (Å²) in [7, 11) is 0. The molecule has 1 fully saturated rings. The lowest BCUT2D eigenvalue weighted by Gasteiger charge is -2.24. The number of nitrogens with one attached hydrogen (secondary N) is 2. The Hall–Kier alpha value is -3.23. The number of ether oxygens (including phenoxy) is 1. The number of aromatic amines is 1. The molecule has 2 unspecified atom stereocenters. The van der Waals surface area contributed by atoms with Crippen LogP contribution in [-0.4, -0.2) is 31.3 Å². The van der Waals surface area contributed by atoms with Gasteiger partial charge in [0.05, 0.1) is 17.4 Å². The van der Waals surface area contributed by atoms with Gasteiger partial charge >= 0.3 is 0 Å². The molecular formula is C23H23ClN6O2. The Bertz CT molecular complexity index is 1310. The van der Waals surface area contributed by atoms with E-state index in [4.69, 9.17) is 16.3 Å². The molecule has 1 saturated heterocycles. The van der Waals surface area contributed by atoms with E-state index in [1.54, 1.807) is 24.5 Å². The number of nitrogens with zero attached hydrogens (tertiary/aromatic N) is 4. The minimum absolute atomic E-state index is 0.0815. The van der Waals surface area contributed by atoms with Crippen LogP contribution in [0, 0.1) is 0 Å². The van der Waals surface area contributed by atoms with Gasteiger partial charge in [-0.15, -0.1) is 0 Å². The van der Waals surface area contributed by atoms with Crippen LogP contribution in [0.5, 0.6) is 0 Å². The number of aromatic nitrogens is 5. The van der Waals surface area contributed by atoms with Crippen molar-refractivity contribution >= 4 is 28.5 Å². The topological polar surface area (TPSA) is 97.7 Å². The zero-order valence-electron chi connectivity index (χ0n) is 17.6. The third-order valence-electron chi connectivity index (χ3n) is 5.66. The molecule has 0 bridgehead atoms. The largest absolute Gasteiger partial charge is 0.356 e. The molecule has 164 valence electrons. The van der Waals surface area contributed by atoms with E-state index < -0.39 is 0 Å². The van der Waals surface area contributed by atoms with Gasteiger partial charge in [-0.25, -0.2) is 14.6 Å². The number of benzene rings is 1. The van der Waals surface area contributed by atoms with Crippen LogP contribution in [-0.2, 0) is 4.74 Å². The van der Waals surface area contributed by atoms with Gasteiger partial charge in [0.1, 0.15) is 0 Å². The van der Waals surface area contributed by atoms with E-state index in [0.717, 1.165) is 48.2 Å². The lowest BCUT2D eigenvalue weighted by atomic mass is 10.1. The molecule has 8 nitrogen and oxygen atoms in total. The summed E-state index contributed by atoms with van der Waals surface area (Å²) in [5, 5.41) is 9.18. The molecule has 3 aromatic heterocycles. The summed E-state index contributed by atoms with van der Waals surface area (Å²) in [6, 6.07) is 10.7. The summed E-state index contributed by atoms with van der Waals surface area (Å²) >= 11 is 6.11. The summed E-state index contributed by atoms with van der Waals surface area (Å²) in [5.41, 5.74) is 2.76. The van der Waals surface area contributed by atoms with Crippen molar-refractivity contribution in [3.8, 4) is 11.4 Å². The molecular weight excluding hydrogens is 428 g/mol. The average molecular weight is 451 g/mol. The Morgan fingerprint density at radius 1 is 1.22 bits per heavy atom. The van der Waals surface area contributed by atoms with Crippen molar-refractivity contribution in [1.82, 2.24) is 24.7 Å². The first-order valence-electron chi connectivity index (χ1n) is 10.7. The van der Waals surface area contributed by atoms with Gasteiger partial charge in [-0.3, -0.25) is 4.79 Å². The summed E-state index contributed by atoms with van der Waals surface area (Å²) in [6.45, 7) is 2.64. The Labute approximate surface area is 189 Å². The van der Waals surface area contributed by atoms with Crippen molar-refractivity contribution in [2.75, 3.05) is 11.9 Å². The molecule has 4 heterocycles. The molecule has 0 aliphatic carbocycles. The van der Waals surface area contributed by atoms with Crippen LogP contribution in [0.4, 0.5) is 5.95 Å². The highest BCUT2D eigenvalue weighted by Gasteiger charge is 2.20. The van der Waals surface area contributed by atoms with Gasteiger partial charge in [-0.05, 0) is 62.6 Å². The van der Waals surface area contributed by atoms with Gasteiger partial charge in [-0.1, -0.05) is 11.6 Å². The fraction of sp³-hybridized carbons (Fsp3) is 0.304. The first-order valence-corrected chi connectivity index (χ1v) is 11.0. The van der Waals surface area contributed by atoms with Gasteiger partial charge < -0.3 is 15.0 Å². The summed E-state index contributed by atoms with van der Waals surface area (Å²) < 4.78 is 7.77. The maximum Gasteiger partial charge on any atom is 0.253 e. The van der Waals surface area contributed by atoms with Gasteiger partial charge in [0.15, 0.2) is 6.23 Å². The molecule has 0 radical (unpaired) electrons. The number of hydrogen-bond acceptors (Lipinski definition) is 6. The monoisotopic (exact) mass is 450 g/mol. The Morgan fingerprint density at radius 3 is 2.97 bits per heavy atom. The zero-order valence-corrected chi connectivity index (χ0v) is 18.3. The molecule has 0 spiro atoms. The second-order valence-corrected chi connectivity index (χ2v) is 8.34. The molecule has 0 saturated carbocycles. The maximum atomic E-state index is 12.6. The molecule has 9 heteroatoms. The van der Waals surface area contributed by atoms with Crippen molar-refractivity contribution in [2.24, 2.45) is 0 Å². The van der Waals surface area contributed by atoms with Crippen molar-refractivity contribution < 1.29 is 4.74 Å². The lowest BCUT2D eigenvalue weighted by Crippen LogP contribution is -2.21. The van der Waals surface area contributed by atoms with E-state index in [2.05, 4.69) is 25.4 Å². The van der Waals surface area contributed by atoms with Crippen molar-refractivity contribution in [1.29, 1.82) is 0 Å². The Morgan fingerprint density at radius 2 is 2.12 bits per heavy atom. The van der Waals surface area contributed by atoms with Crippen LogP contribution in [0.25, 0.3) is 22.3 Å². The minimum atomic E-state index is -0.316. The number of rotatable bonds is 5. The van der Waals surface area contributed by atoms with E-state index in [1.807, 2.05) is 35.9 Å². The predicted molar refractivity (Wildman–Crippen MR) is 124 cm³/mol. The molecule has 32 heavy (non-hydrogen) atoms. The number of pyridine rings is 1. The van der Waals surface area contributed by atoms with Crippen LogP contribution in [0.3, 0.4) is 0 Å². The molecule has 4 aromatic rings. The van der Waals surface area contributed by atoms with Crippen molar-refractivity contribution in [3.05, 3.63) is 69.7 Å². The molecule has 0 amide bonds. The summed E-state index contributed by atoms with van der Waals surface area (Å²) in [6.07, 6.45) is 6.49. The zero-order chi connectivity index (χ0) is 22.1. The first-order chi connectivity index (χ1) is 15.6. The van der Waals surface area contributed by atoms with E-state index >= 15 is 0 Å². The molecule has 2 atom stereocenters. The van der Waals surface area contributed by atoms with Gasteiger partial charge in [0.2, 0.25) is 5.95 Å². The number of H-pyrrole nitrogens is 1. The van der Waals surface area contributed by atoms with Gasteiger partial charge in [-0.2, -0.15) is 5.10 Å². The van der Waals surface area contributed by atoms with E-state index in [9.17, 15) is 4.79 Å². The quantitative estimate of drug-likeness (QED) is 0.457. The third-order valence-corrected chi connectivity index (χ3v) is 5.90. The fourth-order valence-corrected chi connectivity index (χ4v) is 4.20. The minimum Gasteiger partial charge on any atom is -0.356 e. The van der Waals surface area contributed by atoms with E-state index in [0.29, 0.717) is 16.5 Å². The van der Waals surface area contributed by atoms with Crippen LogP contribution < -0.4 is 10.9 Å². The Kier molecular flexibility index (Phi) is 5.63. The molecule has 1 aliphatic heterocycles. The summed E-state index contributed by atoms with van der Waals surface area (Å²) in [5.74, 6) is 0.429. The Balaban J connectivity index is 1.41. The van der Waals surface area contributed by atoms with Crippen molar-refractivity contribution in [3.63, 3.8) is 0 Å². The van der Waals surface area contributed by atoms with Crippen LogP contribution in [0.2, 0.25) is 5.02 Å². The molecule has 2 N–H and O–H groups in total. The number of fused-ring (bicyclic) bond motifs is 1. The molecule has 1 aliphatic rings. The summed E-state index contributed by atoms with van der Waals surface area (Å²) in [4.78, 5) is 24.6. The van der Waals surface area contributed by atoms with E-state index in [1.165, 1.54) is 0 Å². The van der Waals surface area contributed by atoms with Gasteiger partial charge in [0, 0.05) is 40.5 Å². The number of hydrogen-bond donors (Lipinski definition) is 2. The predicted octanol–water partition coefficient (Wildman–Crippen LogP) is 4.71. The van der Waals surface area contributed by atoms with Crippen LogP contribution in [0.15, 0.2) is 53.6 Å². The first kappa shape index (κ1) is 20.7. The van der Waals surface area contributed by atoms with Gasteiger partial charge in [0.25, 0.3) is 5.56 Å². The van der Waals surface area contributed by atoms with Crippen molar-refractivity contribution in [2.45, 2.75) is 38.5 Å². The normalized spacial score (nSPS) is 17.4. The third kappa shape index (κ3) is 4.11. The molecule has 5 rings (SSSR count). The smallest absolute Gasteiger partial charge is 0.253 e. The second-order valence-electron chi connectivity index (χ2n) is 7.90. The average Bonchev–Trinajstić information content (AvgIpc) is 3.30. The standard InChI is InChI=1S/C23H23ClN6O2/c1-14(17-13-15-12-16(24)5-6-18(15)28-22(17)31)27-23-25-9-7-19(29-23)20-8-10-26-30(20)21-4-2-3-11-32-21/h5-10,12-14,21H,2-4,11H2,1H3,(H,28,31)(H,25,27,29). The second kappa shape index (κ2) is 8.72. The highest BCUT2D eigenvalue weighted by Crippen LogP contribution is 2.28. The number of anilines is 1. The SMILES string of the molecule is CC(Nc1nccc(-c2ccnn2C2CCCCO2)n1)c1cc2cc(Cl)ccc2[nH]c1=O. The van der Waals surface area contributed by atoms with E-state index in [-0.39, 0.29) is 17.8 Å². The molecule has 1 aromatic carbocycles. The fourth-order valence-electron chi connectivity index (χ4n) is 4.02.